The molecule has 0 aromatic carbocycles. The van der Waals surface area contributed by atoms with Gasteiger partial charge in [-0.1, -0.05) is 19.3 Å². The largest absolute Gasteiger partial charge is 0.352 e. The SMILES string of the molecule is C[C@H]1CNCCN1C(=O)c1cnn(CC(=O)NC2CCCCC2)c1.Cl. The van der Waals surface area contributed by atoms with Crippen LogP contribution in [-0.4, -0.2) is 58.2 Å². The van der Waals surface area contributed by atoms with E-state index in [1.807, 2.05) is 11.8 Å². The first-order valence-corrected chi connectivity index (χ1v) is 8.97. The van der Waals surface area contributed by atoms with Gasteiger partial charge in [0.2, 0.25) is 5.91 Å². The number of piperazine rings is 1. The number of nitrogens with one attached hydrogen (secondary N) is 2. The van der Waals surface area contributed by atoms with E-state index in [-0.39, 0.29) is 36.8 Å². The number of halogens is 1. The molecule has 3 rings (SSSR count). The summed E-state index contributed by atoms with van der Waals surface area (Å²) in [5.41, 5.74) is 0.550. The van der Waals surface area contributed by atoms with Gasteiger partial charge in [-0.05, 0) is 19.8 Å². The van der Waals surface area contributed by atoms with Crippen LogP contribution in [0.2, 0.25) is 0 Å². The summed E-state index contributed by atoms with van der Waals surface area (Å²) in [6, 6.07) is 0.466. The maximum absolute atomic E-state index is 12.6. The molecule has 1 saturated heterocycles. The van der Waals surface area contributed by atoms with Gasteiger partial charge >= 0.3 is 0 Å². The zero-order valence-corrected chi connectivity index (χ0v) is 15.6. The van der Waals surface area contributed by atoms with Crippen LogP contribution in [0.15, 0.2) is 12.4 Å². The van der Waals surface area contributed by atoms with Gasteiger partial charge in [-0.25, -0.2) is 0 Å². The molecular weight excluding hydrogens is 342 g/mol. The zero-order chi connectivity index (χ0) is 16.9. The second kappa shape index (κ2) is 9.20. The highest BCUT2D eigenvalue weighted by Gasteiger charge is 2.25. The highest BCUT2D eigenvalue weighted by atomic mass is 35.5. The number of carbonyl (C=O) groups is 2. The Labute approximate surface area is 154 Å². The molecule has 0 unspecified atom stereocenters. The summed E-state index contributed by atoms with van der Waals surface area (Å²) in [6.07, 6.45) is 9.01. The molecule has 25 heavy (non-hydrogen) atoms. The molecule has 2 N–H and O–H groups in total. The molecular formula is C17H28ClN5O2. The number of carbonyl (C=O) groups excluding carboxylic acids is 2. The third-order valence-electron chi connectivity index (χ3n) is 4.92. The maximum Gasteiger partial charge on any atom is 0.257 e. The molecule has 2 aliphatic rings. The monoisotopic (exact) mass is 369 g/mol. The summed E-state index contributed by atoms with van der Waals surface area (Å²) in [4.78, 5) is 26.6. The van der Waals surface area contributed by atoms with Crippen LogP contribution in [-0.2, 0) is 11.3 Å². The van der Waals surface area contributed by atoms with Crippen molar-refractivity contribution >= 4 is 24.2 Å². The van der Waals surface area contributed by atoms with Crippen LogP contribution in [0.25, 0.3) is 0 Å². The third kappa shape index (κ3) is 5.19. The van der Waals surface area contributed by atoms with E-state index in [4.69, 9.17) is 0 Å². The van der Waals surface area contributed by atoms with E-state index in [0.29, 0.717) is 18.2 Å². The van der Waals surface area contributed by atoms with Crippen LogP contribution in [0.5, 0.6) is 0 Å². The first-order valence-electron chi connectivity index (χ1n) is 8.97. The predicted molar refractivity (Wildman–Crippen MR) is 97.9 cm³/mol. The third-order valence-corrected chi connectivity index (χ3v) is 4.92. The van der Waals surface area contributed by atoms with Crippen LogP contribution in [0, 0.1) is 0 Å². The van der Waals surface area contributed by atoms with Gasteiger partial charge in [0.05, 0.1) is 11.8 Å². The molecule has 0 radical (unpaired) electrons. The molecule has 1 atom stereocenters. The Morgan fingerprint density at radius 3 is 2.80 bits per heavy atom. The normalized spacial score (nSPS) is 21.5. The molecule has 1 aliphatic carbocycles. The van der Waals surface area contributed by atoms with Crippen LogP contribution < -0.4 is 10.6 Å². The minimum atomic E-state index is -0.0282. The number of aromatic nitrogens is 2. The van der Waals surface area contributed by atoms with Crippen LogP contribution in [0.3, 0.4) is 0 Å². The van der Waals surface area contributed by atoms with E-state index < -0.39 is 0 Å². The van der Waals surface area contributed by atoms with Crippen LogP contribution in [0.4, 0.5) is 0 Å². The van der Waals surface area contributed by atoms with Gasteiger partial charge < -0.3 is 15.5 Å². The number of hydrogen-bond donors (Lipinski definition) is 2. The molecule has 7 nitrogen and oxygen atoms in total. The van der Waals surface area contributed by atoms with E-state index in [1.54, 1.807) is 17.1 Å². The van der Waals surface area contributed by atoms with Crippen molar-refractivity contribution in [1.82, 2.24) is 25.3 Å². The lowest BCUT2D eigenvalue weighted by Gasteiger charge is -2.33. The minimum absolute atomic E-state index is 0. The average molecular weight is 370 g/mol. The van der Waals surface area contributed by atoms with Gasteiger partial charge in [0.25, 0.3) is 5.91 Å². The molecule has 1 aromatic rings. The predicted octanol–water partition coefficient (Wildman–Crippen LogP) is 1.19. The summed E-state index contributed by atoms with van der Waals surface area (Å²) < 4.78 is 1.55. The molecule has 0 spiro atoms. The minimum Gasteiger partial charge on any atom is -0.352 e. The lowest BCUT2D eigenvalue weighted by atomic mass is 9.95. The number of rotatable bonds is 4. The highest BCUT2D eigenvalue weighted by molar-refractivity contribution is 5.94. The first kappa shape index (κ1) is 19.7. The molecule has 1 aromatic heterocycles. The second-order valence-electron chi connectivity index (χ2n) is 6.88. The molecule has 8 heteroatoms. The van der Waals surface area contributed by atoms with E-state index >= 15 is 0 Å². The Morgan fingerprint density at radius 1 is 1.32 bits per heavy atom. The van der Waals surface area contributed by atoms with E-state index in [0.717, 1.165) is 25.9 Å². The van der Waals surface area contributed by atoms with Gasteiger partial charge in [0.1, 0.15) is 6.54 Å². The Morgan fingerprint density at radius 2 is 2.08 bits per heavy atom. The number of amides is 2. The lowest BCUT2D eigenvalue weighted by Crippen LogP contribution is -2.52. The Kier molecular flexibility index (Phi) is 7.25. The van der Waals surface area contributed by atoms with E-state index in [9.17, 15) is 9.59 Å². The summed E-state index contributed by atoms with van der Waals surface area (Å²) >= 11 is 0. The zero-order valence-electron chi connectivity index (χ0n) is 14.7. The summed E-state index contributed by atoms with van der Waals surface area (Å²) in [5.74, 6) is -0.0394. The smallest absolute Gasteiger partial charge is 0.257 e. The lowest BCUT2D eigenvalue weighted by molar-refractivity contribution is -0.122. The van der Waals surface area contributed by atoms with Gasteiger partial charge in [0.15, 0.2) is 0 Å². The Hall–Kier alpha value is -1.60. The highest BCUT2D eigenvalue weighted by Crippen LogP contribution is 2.17. The maximum atomic E-state index is 12.6. The number of nitrogens with zero attached hydrogens (tertiary/aromatic N) is 3. The second-order valence-corrected chi connectivity index (χ2v) is 6.88. The summed E-state index contributed by atoms with van der Waals surface area (Å²) in [7, 11) is 0. The fourth-order valence-electron chi connectivity index (χ4n) is 3.54. The van der Waals surface area contributed by atoms with Crippen molar-refractivity contribution in [2.24, 2.45) is 0 Å². The molecule has 2 amide bonds. The fraction of sp³-hybridized carbons (Fsp3) is 0.706. The molecule has 2 heterocycles. The fourth-order valence-corrected chi connectivity index (χ4v) is 3.54. The van der Waals surface area contributed by atoms with Crippen molar-refractivity contribution in [2.45, 2.75) is 57.7 Å². The van der Waals surface area contributed by atoms with Crippen molar-refractivity contribution in [1.29, 1.82) is 0 Å². The average Bonchev–Trinajstić information content (AvgIpc) is 3.04. The van der Waals surface area contributed by atoms with Crippen LogP contribution in [0.1, 0.15) is 49.4 Å². The first-order chi connectivity index (χ1) is 11.6. The van der Waals surface area contributed by atoms with Crippen molar-refractivity contribution in [3.05, 3.63) is 18.0 Å². The van der Waals surface area contributed by atoms with Gasteiger partial charge in [-0.3, -0.25) is 14.3 Å². The van der Waals surface area contributed by atoms with Gasteiger partial charge in [-0.15, -0.1) is 12.4 Å². The summed E-state index contributed by atoms with van der Waals surface area (Å²) in [6.45, 7) is 4.53. The Bertz CT molecular complexity index is 585. The van der Waals surface area contributed by atoms with Crippen molar-refractivity contribution in [3.63, 3.8) is 0 Å². The molecule has 0 bridgehead atoms. The molecule has 1 saturated carbocycles. The van der Waals surface area contributed by atoms with Crippen molar-refractivity contribution in [2.75, 3.05) is 19.6 Å². The summed E-state index contributed by atoms with van der Waals surface area (Å²) in [5, 5.41) is 10.5. The van der Waals surface area contributed by atoms with Crippen LogP contribution >= 0.6 is 12.4 Å². The van der Waals surface area contributed by atoms with E-state index in [2.05, 4.69) is 15.7 Å². The molecule has 2 fully saturated rings. The van der Waals surface area contributed by atoms with Crippen molar-refractivity contribution < 1.29 is 9.59 Å². The standard InChI is InChI=1S/C17H27N5O2.ClH/c1-13-9-18-7-8-22(13)17(24)14-10-19-21(11-14)12-16(23)20-15-5-3-2-4-6-15;/h10-11,13,15,18H,2-9,12H2,1H3,(H,20,23);1H/t13-;/m0./s1. The van der Waals surface area contributed by atoms with E-state index in [1.165, 1.54) is 19.3 Å². The van der Waals surface area contributed by atoms with Gasteiger partial charge in [-0.2, -0.15) is 5.10 Å². The molecule has 1 aliphatic heterocycles. The Balaban J connectivity index is 0.00000225. The molecule has 140 valence electrons. The number of hydrogen-bond acceptors (Lipinski definition) is 4. The quantitative estimate of drug-likeness (QED) is 0.835. The van der Waals surface area contributed by atoms with Crippen molar-refractivity contribution in [3.8, 4) is 0 Å². The van der Waals surface area contributed by atoms with Gasteiger partial charge in [0, 0.05) is 37.9 Å². The topological polar surface area (TPSA) is 79.3 Å².